The van der Waals surface area contributed by atoms with Crippen LogP contribution in [-0.2, 0) is 4.79 Å². The molecule has 0 aliphatic carbocycles. The lowest BCUT2D eigenvalue weighted by molar-refractivity contribution is 0.570. The average molecular weight is 117 g/mol. The van der Waals surface area contributed by atoms with Gasteiger partial charge in [-0.3, -0.25) is 4.79 Å². The van der Waals surface area contributed by atoms with Crippen LogP contribution in [0.3, 0.4) is 0 Å². The molecular formula is C4H7NOS. The first kappa shape index (κ1) is 5.00. The van der Waals surface area contributed by atoms with Crippen LogP contribution in [0.5, 0.6) is 0 Å². The molecular weight excluding hydrogens is 110 g/mol. The van der Waals surface area contributed by atoms with Gasteiger partial charge >= 0.3 is 0 Å². The van der Waals surface area contributed by atoms with E-state index in [9.17, 15) is 4.79 Å². The fourth-order valence-corrected chi connectivity index (χ4v) is 1.42. The summed E-state index contributed by atoms with van der Waals surface area (Å²) in [6, 6.07) is 0. The number of carbonyl (C=O) groups excluding carboxylic acids is 1. The van der Waals surface area contributed by atoms with Crippen LogP contribution >= 0.6 is 10.5 Å². The molecule has 40 valence electrons. The van der Waals surface area contributed by atoms with Crippen molar-refractivity contribution in [1.82, 2.24) is 5.32 Å². The maximum Gasteiger partial charge on any atom is 0.171 e. The summed E-state index contributed by atoms with van der Waals surface area (Å²) >= 11 is 0. The number of hydrogen-bond acceptors (Lipinski definition) is 2. The fraction of sp³-hybridized carbons (Fsp3) is 0.500. The molecule has 0 saturated carbocycles. The average Bonchev–Trinajstić information content (AvgIpc) is 2.14. The van der Waals surface area contributed by atoms with Gasteiger partial charge in [-0.15, -0.1) is 10.5 Å². The SMILES string of the molecule is O=CS1=CCNC1. The van der Waals surface area contributed by atoms with E-state index in [4.69, 9.17) is 0 Å². The molecule has 1 rings (SSSR count). The van der Waals surface area contributed by atoms with Gasteiger partial charge < -0.3 is 5.32 Å². The number of nitrogens with one attached hydrogen (secondary N) is 1. The van der Waals surface area contributed by atoms with E-state index in [1.807, 2.05) is 5.37 Å². The highest BCUT2D eigenvalue weighted by molar-refractivity contribution is 8.26. The topological polar surface area (TPSA) is 29.1 Å². The van der Waals surface area contributed by atoms with Gasteiger partial charge in [-0.25, -0.2) is 0 Å². The summed E-state index contributed by atoms with van der Waals surface area (Å²) in [4.78, 5) is 9.95. The molecule has 0 aromatic carbocycles. The lowest BCUT2D eigenvalue weighted by Crippen LogP contribution is -2.06. The molecule has 2 nitrogen and oxygen atoms in total. The molecule has 0 aromatic rings. The van der Waals surface area contributed by atoms with Crippen molar-refractivity contribution < 1.29 is 4.79 Å². The fourth-order valence-electron chi connectivity index (χ4n) is 0.475. The second-order valence-electron chi connectivity index (χ2n) is 1.33. The van der Waals surface area contributed by atoms with Crippen LogP contribution < -0.4 is 5.32 Å². The zero-order valence-corrected chi connectivity index (χ0v) is 4.70. The Morgan fingerprint density at radius 3 is 3.00 bits per heavy atom. The van der Waals surface area contributed by atoms with Crippen LogP contribution in [0.1, 0.15) is 0 Å². The van der Waals surface area contributed by atoms with E-state index >= 15 is 0 Å². The van der Waals surface area contributed by atoms with E-state index in [1.54, 1.807) is 0 Å². The minimum Gasteiger partial charge on any atom is -0.304 e. The Kier molecular flexibility index (Phi) is 1.59. The van der Waals surface area contributed by atoms with Crippen molar-refractivity contribution in [3.05, 3.63) is 0 Å². The molecule has 1 heterocycles. The van der Waals surface area contributed by atoms with Gasteiger partial charge in [0, 0.05) is 12.4 Å². The van der Waals surface area contributed by atoms with Gasteiger partial charge in [0.15, 0.2) is 5.62 Å². The molecule has 1 aliphatic rings. The van der Waals surface area contributed by atoms with Crippen LogP contribution in [0.25, 0.3) is 0 Å². The van der Waals surface area contributed by atoms with Crippen LogP contribution in [0.15, 0.2) is 0 Å². The summed E-state index contributed by atoms with van der Waals surface area (Å²) in [5.74, 6) is 0.865. The van der Waals surface area contributed by atoms with Gasteiger partial charge in [0.2, 0.25) is 0 Å². The van der Waals surface area contributed by atoms with E-state index in [-0.39, 0.29) is 10.5 Å². The molecule has 3 heteroatoms. The molecule has 0 radical (unpaired) electrons. The third kappa shape index (κ3) is 1.11. The zero-order valence-electron chi connectivity index (χ0n) is 3.89. The summed E-state index contributed by atoms with van der Waals surface area (Å²) in [6.45, 7) is 0.905. The minimum atomic E-state index is -0.0509. The van der Waals surface area contributed by atoms with Gasteiger partial charge in [-0.05, 0) is 5.37 Å². The van der Waals surface area contributed by atoms with Crippen molar-refractivity contribution in [1.29, 1.82) is 0 Å². The van der Waals surface area contributed by atoms with Crippen molar-refractivity contribution in [2.24, 2.45) is 0 Å². The smallest absolute Gasteiger partial charge is 0.171 e. The molecule has 0 amide bonds. The van der Waals surface area contributed by atoms with Crippen LogP contribution in [0, 0.1) is 0 Å². The second kappa shape index (κ2) is 2.23. The monoisotopic (exact) mass is 117 g/mol. The molecule has 7 heavy (non-hydrogen) atoms. The summed E-state index contributed by atoms with van der Waals surface area (Å²) in [7, 11) is -0.0509. The van der Waals surface area contributed by atoms with Crippen molar-refractivity contribution in [2.45, 2.75) is 0 Å². The third-order valence-corrected chi connectivity index (χ3v) is 2.21. The van der Waals surface area contributed by atoms with Gasteiger partial charge in [-0.1, -0.05) is 0 Å². The molecule has 0 fully saturated rings. The normalized spacial score (nSPS) is 29.4. The van der Waals surface area contributed by atoms with Crippen molar-refractivity contribution in [3.8, 4) is 0 Å². The van der Waals surface area contributed by atoms with E-state index in [0.29, 0.717) is 0 Å². The summed E-state index contributed by atoms with van der Waals surface area (Å²) < 4.78 is 0. The van der Waals surface area contributed by atoms with Gasteiger partial charge in [-0.2, -0.15) is 0 Å². The number of carbonyl (C=O) groups is 1. The molecule has 1 atom stereocenters. The molecule has 1 aliphatic heterocycles. The van der Waals surface area contributed by atoms with E-state index in [1.165, 1.54) is 0 Å². The molecule has 0 aromatic heterocycles. The highest BCUT2D eigenvalue weighted by Gasteiger charge is 1.96. The quantitative estimate of drug-likeness (QED) is 0.381. The molecule has 0 bridgehead atoms. The Bertz CT molecular complexity index is 110. The summed E-state index contributed by atoms with van der Waals surface area (Å²) in [5.41, 5.74) is 1.00. The van der Waals surface area contributed by atoms with Gasteiger partial charge in [0.1, 0.15) is 0 Å². The number of rotatable bonds is 1. The third-order valence-electron chi connectivity index (χ3n) is 0.834. The van der Waals surface area contributed by atoms with Crippen molar-refractivity contribution in [2.75, 3.05) is 12.4 Å². The Morgan fingerprint density at radius 1 is 1.86 bits per heavy atom. The van der Waals surface area contributed by atoms with Gasteiger partial charge in [0.05, 0.1) is 0 Å². The predicted octanol–water partition coefficient (Wildman–Crippen LogP) is -0.192. The first-order valence-electron chi connectivity index (χ1n) is 2.11. The Morgan fingerprint density at radius 2 is 2.71 bits per heavy atom. The first-order chi connectivity index (χ1) is 3.43. The maximum atomic E-state index is 9.95. The second-order valence-corrected chi connectivity index (χ2v) is 3.08. The Labute approximate surface area is 44.8 Å². The lowest BCUT2D eigenvalue weighted by atomic mass is 10.8. The largest absolute Gasteiger partial charge is 0.304 e. The Balaban J connectivity index is 2.51. The van der Waals surface area contributed by atoms with Crippen LogP contribution in [0.2, 0.25) is 0 Å². The summed E-state index contributed by atoms with van der Waals surface area (Å²) in [6.07, 6.45) is 0. The van der Waals surface area contributed by atoms with Crippen LogP contribution in [-0.4, -0.2) is 23.4 Å². The Hall–Kier alpha value is -0.150. The lowest BCUT2D eigenvalue weighted by Gasteiger charge is -1.84. The molecule has 1 N–H and O–H groups in total. The van der Waals surface area contributed by atoms with Gasteiger partial charge in [0.25, 0.3) is 0 Å². The highest BCUT2D eigenvalue weighted by Crippen LogP contribution is 2.05. The van der Waals surface area contributed by atoms with Crippen molar-refractivity contribution >= 4 is 21.5 Å². The zero-order chi connectivity index (χ0) is 5.11. The minimum absolute atomic E-state index is 0.0509. The van der Waals surface area contributed by atoms with Crippen molar-refractivity contribution in [3.63, 3.8) is 0 Å². The van der Waals surface area contributed by atoms with E-state index < -0.39 is 0 Å². The molecule has 0 saturated heterocycles. The first-order valence-corrected chi connectivity index (χ1v) is 3.63. The molecule has 0 spiro atoms. The van der Waals surface area contributed by atoms with E-state index in [2.05, 4.69) is 5.32 Å². The predicted molar refractivity (Wildman–Crippen MR) is 33.3 cm³/mol. The highest BCUT2D eigenvalue weighted by atomic mass is 32.2. The standard InChI is InChI=1S/C4H7NOS/c6-4-7-2-1-5-3-7/h2,4-5H,1,3H2. The van der Waals surface area contributed by atoms with E-state index in [0.717, 1.165) is 18.0 Å². The summed E-state index contributed by atoms with van der Waals surface area (Å²) in [5, 5.41) is 5.06. The molecule has 1 unspecified atom stereocenters. The van der Waals surface area contributed by atoms with Crippen LogP contribution in [0.4, 0.5) is 0 Å². The maximum absolute atomic E-state index is 9.95. The number of hydrogen-bond donors (Lipinski definition) is 1.